The molecule has 2 atom stereocenters. The predicted octanol–water partition coefficient (Wildman–Crippen LogP) is 1.91. The van der Waals surface area contributed by atoms with E-state index in [9.17, 15) is 9.59 Å². The highest BCUT2D eigenvalue weighted by Crippen LogP contribution is 2.29. The van der Waals surface area contributed by atoms with E-state index in [1.165, 1.54) is 0 Å². The molecule has 2 aliphatic rings. The topological polar surface area (TPSA) is 84.9 Å². The van der Waals surface area contributed by atoms with Crippen LogP contribution < -0.4 is 14.4 Å². The number of ether oxygens (including phenoxy) is 2. The van der Waals surface area contributed by atoms with Crippen LogP contribution in [-0.2, 0) is 9.59 Å². The number of carbonyl (C=O) groups is 2. The van der Waals surface area contributed by atoms with Gasteiger partial charge in [0.25, 0.3) is 0 Å². The molecule has 1 aromatic carbocycles. The van der Waals surface area contributed by atoms with Crippen LogP contribution in [-0.4, -0.2) is 59.5 Å². The second-order valence-electron chi connectivity index (χ2n) is 7.31. The summed E-state index contributed by atoms with van der Waals surface area (Å²) in [4.78, 5) is 37.2. The summed E-state index contributed by atoms with van der Waals surface area (Å²) in [5.41, 5.74) is 0.786. The normalized spacial score (nSPS) is 21.9. The fraction of sp³-hybridized carbons (Fsp3) is 0.429. The number of carbonyl (C=O) groups excluding carboxylic acids is 2. The second kappa shape index (κ2) is 8.46. The van der Waals surface area contributed by atoms with Crippen molar-refractivity contribution in [2.24, 2.45) is 5.92 Å². The highest BCUT2D eigenvalue weighted by atomic mass is 16.5. The summed E-state index contributed by atoms with van der Waals surface area (Å²) in [5.74, 6) is 0.851. The molecule has 0 N–H and O–H groups in total. The van der Waals surface area contributed by atoms with Gasteiger partial charge in [-0.3, -0.25) is 14.6 Å². The van der Waals surface area contributed by atoms with Crippen molar-refractivity contribution < 1.29 is 19.1 Å². The number of amides is 2. The molecule has 2 fully saturated rings. The Kier molecular flexibility index (Phi) is 5.59. The van der Waals surface area contributed by atoms with Crippen LogP contribution in [0, 0.1) is 5.92 Å². The average Bonchev–Trinajstić information content (AvgIpc) is 3.16. The molecule has 2 amide bonds. The SMILES string of the molecule is COc1ccc(N2CC(C(=O)N3CCCC(Oc4cnccn4)C3)CC2=O)cc1. The number of rotatable bonds is 5. The van der Waals surface area contributed by atoms with Crippen molar-refractivity contribution in [3.63, 3.8) is 0 Å². The third-order valence-electron chi connectivity index (χ3n) is 5.38. The molecule has 2 saturated heterocycles. The molecule has 2 aromatic rings. The summed E-state index contributed by atoms with van der Waals surface area (Å²) >= 11 is 0. The van der Waals surface area contributed by atoms with Gasteiger partial charge in [-0.05, 0) is 37.1 Å². The standard InChI is InChI=1S/C21H24N4O4/c1-28-17-6-4-16(5-7-17)25-13-15(11-20(25)26)21(27)24-10-2-3-18(14-24)29-19-12-22-8-9-23-19/h4-9,12,15,18H,2-3,10-11,13-14H2,1H3. The largest absolute Gasteiger partial charge is 0.497 e. The van der Waals surface area contributed by atoms with Gasteiger partial charge >= 0.3 is 0 Å². The number of anilines is 1. The summed E-state index contributed by atoms with van der Waals surface area (Å²) < 4.78 is 11.0. The van der Waals surface area contributed by atoms with Crippen molar-refractivity contribution in [1.82, 2.24) is 14.9 Å². The number of benzene rings is 1. The molecule has 29 heavy (non-hydrogen) atoms. The van der Waals surface area contributed by atoms with E-state index in [1.807, 2.05) is 29.2 Å². The van der Waals surface area contributed by atoms with Crippen LogP contribution in [0.1, 0.15) is 19.3 Å². The minimum Gasteiger partial charge on any atom is -0.497 e. The Morgan fingerprint density at radius 2 is 2.00 bits per heavy atom. The summed E-state index contributed by atoms with van der Waals surface area (Å²) in [5, 5.41) is 0. The average molecular weight is 396 g/mol. The predicted molar refractivity (Wildman–Crippen MR) is 106 cm³/mol. The van der Waals surface area contributed by atoms with Crippen LogP contribution in [0.2, 0.25) is 0 Å². The first-order valence-electron chi connectivity index (χ1n) is 9.80. The molecule has 2 aliphatic heterocycles. The molecule has 2 unspecified atom stereocenters. The minimum absolute atomic E-state index is 0.0156. The van der Waals surface area contributed by atoms with Crippen LogP contribution in [0.5, 0.6) is 11.6 Å². The Morgan fingerprint density at radius 3 is 2.72 bits per heavy atom. The molecule has 1 aromatic heterocycles. The van der Waals surface area contributed by atoms with E-state index in [1.54, 1.807) is 30.6 Å². The number of hydrogen-bond donors (Lipinski definition) is 0. The number of aromatic nitrogens is 2. The molecule has 0 bridgehead atoms. The monoisotopic (exact) mass is 396 g/mol. The molecule has 0 spiro atoms. The summed E-state index contributed by atoms with van der Waals surface area (Å²) in [7, 11) is 1.60. The number of nitrogens with zero attached hydrogens (tertiary/aromatic N) is 4. The third-order valence-corrected chi connectivity index (χ3v) is 5.38. The van der Waals surface area contributed by atoms with Crippen molar-refractivity contribution in [3.05, 3.63) is 42.9 Å². The maximum atomic E-state index is 13.1. The molecular weight excluding hydrogens is 372 g/mol. The fourth-order valence-corrected chi connectivity index (χ4v) is 3.89. The maximum absolute atomic E-state index is 13.1. The summed E-state index contributed by atoms with van der Waals surface area (Å²) in [6, 6.07) is 7.32. The first kappa shape index (κ1) is 19.2. The Hall–Kier alpha value is -3.16. The van der Waals surface area contributed by atoms with Gasteiger partial charge < -0.3 is 19.3 Å². The van der Waals surface area contributed by atoms with Gasteiger partial charge in [-0.2, -0.15) is 0 Å². The molecular formula is C21H24N4O4. The maximum Gasteiger partial charge on any atom is 0.232 e. The van der Waals surface area contributed by atoms with Crippen molar-refractivity contribution in [2.75, 3.05) is 31.6 Å². The zero-order chi connectivity index (χ0) is 20.2. The van der Waals surface area contributed by atoms with Crippen molar-refractivity contribution in [2.45, 2.75) is 25.4 Å². The van der Waals surface area contributed by atoms with E-state index < -0.39 is 0 Å². The van der Waals surface area contributed by atoms with Crippen LogP contribution in [0.4, 0.5) is 5.69 Å². The minimum atomic E-state index is -0.333. The number of piperidine rings is 1. The molecule has 0 saturated carbocycles. The van der Waals surface area contributed by atoms with Gasteiger partial charge in [0.05, 0.1) is 25.8 Å². The lowest BCUT2D eigenvalue weighted by atomic mass is 10.0. The van der Waals surface area contributed by atoms with Gasteiger partial charge in [0.15, 0.2) is 0 Å². The molecule has 0 radical (unpaired) electrons. The Morgan fingerprint density at radius 1 is 1.17 bits per heavy atom. The van der Waals surface area contributed by atoms with Crippen LogP contribution in [0.15, 0.2) is 42.9 Å². The summed E-state index contributed by atoms with van der Waals surface area (Å²) in [6.07, 6.45) is 6.59. The van der Waals surface area contributed by atoms with E-state index in [-0.39, 0.29) is 30.3 Å². The zero-order valence-corrected chi connectivity index (χ0v) is 16.4. The van der Waals surface area contributed by atoms with Crippen molar-refractivity contribution in [1.29, 1.82) is 0 Å². The first-order valence-corrected chi connectivity index (χ1v) is 9.80. The van der Waals surface area contributed by atoms with Gasteiger partial charge in [0, 0.05) is 37.6 Å². The second-order valence-corrected chi connectivity index (χ2v) is 7.31. The Bertz CT molecular complexity index is 859. The highest BCUT2D eigenvalue weighted by Gasteiger charge is 2.38. The molecule has 8 nitrogen and oxygen atoms in total. The molecule has 3 heterocycles. The fourth-order valence-electron chi connectivity index (χ4n) is 3.89. The van der Waals surface area contributed by atoms with E-state index in [0.717, 1.165) is 24.3 Å². The van der Waals surface area contributed by atoms with Gasteiger partial charge in [0.1, 0.15) is 11.9 Å². The quantitative estimate of drug-likeness (QED) is 0.768. The first-order chi connectivity index (χ1) is 14.1. The van der Waals surface area contributed by atoms with E-state index in [4.69, 9.17) is 9.47 Å². The summed E-state index contributed by atoms with van der Waals surface area (Å²) in [6.45, 7) is 1.59. The van der Waals surface area contributed by atoms with Crippen molar-refractivity contribution in [3.8, 4) is 11.6 Å². The third kappa shape index (κ3) is 4.31. The van der Waals surface area contributed by atoms with Crippen LogP contribution in [0.25, 0.3) is 0 Å². The lowest BCUT2D eigenvalue weighted by Gasteiger charge is -2.34. The molecule has 8 heteroatoms. The smallest absolute Gasteiger partial charge is 0.232 e. The van der Waals surface area contributed by atoms with Gasteiger partial charge in [0.2, 0.25) is 17.7 Å². The molecule has 152 valence electrons. The molecule has 4 rings (SSSR count). The van der Waals surface area contributed by atoms with Gasteiger partial charge in [-0.1, -0.05) is 0 Å². The number of hydrogen-bond acceptors (Lipinski definition) is 6. The zero-order valence-electron chi connectivity index (χ0n) is 16.4. The van der Waals surface area contributed by atoms with E-state index in [2.05, 4.69) is 9.97 Å². The lowest BCUT2D eigenvalue weighted by molar-refractivity contribution is -0.138. The van der Waals surface area contributed by atoms with Gasteiger partial charge in [-0.15, -0.1) is 0 Å². The van der Waals surface area contributed by atoms with Crippen LogP contribution >= 0.6 is 0 Å². The molecule has 0 aliphatic carbocycles. The van der Waals surface area contributed by atoms with Crippen molar-refractivity contribution >= 4 is 17.5 Å². The highest BCUT2D eigenvalue weighted by molar-refractivity contribution is 6.00. The number of methoxy groups -OCH3 is 1. The van der Waals surface area contributed by atoms with E-state index in [0.29, 0.717) is 25.5 Å². The Labute approximate surface area is 169 Å². The van der Waals surface area contributed by atoms with E-state index >= 15 is 0 Å². The Balaban J connectivity index is 1.38. The van der Waals surface area contributed by atoms with Crippen LogP contribution in [0.3, 0.4) is 0 Å². The lowest BCUT2D eigenvalue weighted by Crippen LogP contribution is -2.47. The number of likely N-dealkylation sites (tertiary alicyclic amines) is 1. The van der Waals surface area contributed by atoms with Gasteiger partial charge in [-0.25, -0.2) is 4.98 Å².